The molecule has 0 bridgehead atoms. The number of aromatic amines is 1. The van der Waals surface area contributed by atoms with Gasteiger partial charge in [-0.2, -0.15) is 0 Å². The molecule has 0 saturated carbocycles. The molecule has 0 aliphatic carbocycles. The van der Waals surface area contributed by atoms with Crippen molar-refractivity contribution >= 4 is 10.9 Å². The molecule has 0 saturated heterocycles. The summed E-state index contributed by atoms with van der Waals surface area (Å²) in [6.07, 6.45) is 13.5. The third kappa shape index (κ3) is 2.89. The van der Waals surface area contributed by atoms with E-state index in [1.54, 1.807) is 0 Å². The molecular formula is C14H14N2. The Morgan fingerprint density at radius 2 is 1.50 bits per heavy atom. The first kappa shape index (κ1) is 10.3. The number of allylic oxidation sites excluding steroid dienone is 4. The number of para-hydroxylation sites is 1. The number of hydrogen-bond donors (Lipinski definition) is 2. The summed E-state index contributed by atoms with van der Waals surface area (Å²) in [7, 11) is 0. The lowest BCUT2D eigenvalue weighted by Crippen LogP contribution is -1.87. The highest BCUT2D eigenvalue weighted by Crippen LogP contribution is 2.09. The molecule has 0 atom stereocenters. The Morgan fingerprint density at radius 3 is 2.25 bits per heavy atom. The minimum absolute atomic E-state index is 1.21. The van der Waals surface area contributed by atoms with Crippen molar-refractivity contribution in [3.63, 3.8) is 0 Å². The lowest BCUT2D eigenvalue weighted by molar-refractivity contribution is 1.20. The molecule has 0 spiro atoms. The molecule has 80 valence electrons. The minimum atomic E-state index is 1.21. The smallest absolute Gasteiger partial charge is 0.0453 e. The summed E-state index contributed by atoms with van der Waals surface area (Å²) in [6, 6.07) is 10.3. The van der Waals surface area contributed by atoms with Crippen LogP contribution in [0.3, 0.4) is 0 Å². The van der Waals surface area contributed by atoms with Crippen molar-refractivity contribution in [1.29, 1.82) is 0 Å². The number of benzene rings is 1. The van der Waals surface area contributed by atoms with Crippen LogP contribution in [0.25, 0.3) is 10.9 Å². The van der Waals surface area contributed by atoms with Gasteiger partial charge < -0.3 is 10.3 Å². The Kier molecular flexibility index (Phi) is 3.61. The average molecular weight is 210 g/mol. The van der Waals surface area contributed by atoms with Gasteiger partial charge in [-0.05, 0) is 29.7 Å². The highest BCUT2D eigenvalue weighted by atomic mass is 14.8. The predicted molar refractivity (Wildman–Crippen MR) is 68.9 cm³/mol. The first-order chi connectivity index (χ1) is 7.97. The summed E-state index contributed by atoms with van der Waals surface area (Å²) >= 11 is 0. The van der Waals surface area contributed by atoms with Gasteiger partial charge >= 0.3 is 0 Å². The molecule has 1 aromatic carbocycles. The second-order valence-corrected chi connectivity index (χ2v) is 3.33. The molecule has 16 heavy (non-hydrogen) atoms. The number of nitrogens with one attached hydrogen (secondary N) is 2. The molecule has 1 aliphatic rings. The van der Waals surface area contributed by atoms with E-state index < -0.39 is 0 Å². The Balaban J connectivity index is 0.000000125. The molecule has 1 aromatic heterocycles. The fourth-order valence-corrected chi connectivity index (χ4v) is 1.40. The monoisotopic (exact) mass is 210 g/mol. The van der Waals surface area contributed by atoms with E-state index in [1.807, 2.05) is 55.0 Å². The molecule has 2 nitrogen and oxygen atoms in total. The summed E-state index contributed by atoms with van der Waals surface area (Å²) in [5.41, 5.74) is 1.21. The van der Waals surface area contributed by atoms with Crippen molar-refractivity contribution in [3.8, 4) is 0 Å². The second kappa shape index (κ2) is 5.61. The first-order valence-electron chi connectivity index (χ1n) is 5.23. The standard InChI is InChI=1S/C8H7N.C6H7N/c1-2-4-8-7(3-1)5-6-9-8;1-2-4-6-7-5-3-1/h1-6,9H;1-7H. The van der Waals surface area contributed by atoms with Gasteiger partial charge in [0, 0.05) is 24.1 Å². The van der Waals surface area contributed by atoms with Gasteiger partial charge in [0.15, 0.2) is 0 Å². The van der Waals surface area contributed by atoms with Crippen LogP contribution in [0.5, 0.6) is 0 Å². The van der Waals surface area contributed by atoms with E-state index in [4.69, 9.17) is 0 Å². The van der Waals surface area contributed by atoms with E-state index in [-0.39, 0.29) is 0 Å². The third-order valence-corrected chi connectivity index (χ3v) is 2.18. The van der Waals surface area contributed by atoms with E-state index in [9.17, 15) is 0 Å². The van der Waals surface area contributed by atoms with Crippen LogP contribution in [-0.2, 0) is 0 Å². The van der Waals surface area contributed by atoms with Crippen molar-refractivity contribution in [1.82, 2.24) is 10.3 Å². The van der Waals surface area contributed by atoms with Gasteiger partial charge in [0.2, 0.25) is 0 Å². The van der Waals surface area contributed by atoms with Crippen LogP contribution in [0.4, 0.5) is 0 Å². The Morgan fingerprint density at radius 1 is 0.750 bits per heavy atom. The summed E-state index contributed by atoms with van der Waals surface area (Å²) in [5, 5.41) is 4.20. The minimum Gasteiger partial charge on any atom is -0.368 e. The van der Waals surface area contributed by atoms with E-state index in [0.717, 1.165) is 0 Å². The highest BCUT2D eigenvalue weighted by Gasteiger charge is 1.86. The Bertz CT molecular complexity index is 474. The van der Waals surface area contributed by atoms with Crippen LogP contribution in [-0.4, -0.2) is 4.98 Å². The van der Waals surface area contributed by atoms with Crippen LogP contribution in [0.2, 0.25) is 0 Å². The van der Waals surface area contributed by atoms with Gasteiger partial charge in [-0.1, -0.05) is 30.4 Å². The molecule has 1 aliphatic heterocycles. The molecule has 2 N–H and O–H groups in total. The number of hydrogen-bond acceptors (Lipinski definition) is 1. The SMILES string of the molecule is C1=CC=CNC=C1.c1ccc2[nH]ccc2c1. The van der Waals surface area contributed by atoms with Gasteiger partial charge in [0.1, 0.15) is 0 Å². The maximum atomic E-state index is 3.12. The predicted octanol–water partition coefficient (Wildman–Crippen LogP) is 3.34. The van der Waals surface area contributed by atoms with Gasteiger partial charge in [0.05, 0.1) is 0 Å². The van der Waals surface area contributed by atoms with E-state index in [0.29, 0.717) is 0 Å². The van der Waals surface area contributed by atoms with Crippen molar-refractivity contribution in [2.24, 2.45) is 0 Å². The number of H-pyrrole nitrogens is 1. The van der Waals surface area contributed by atoms with Crippen molar-refractivity contribution in [3.05, 3.63) is 73.2 Å². The van der Waals surface area contributed by atoms with Crippen LogP contribution >= 0.6 is 0 Å². The molecule has 0 amide bonds. The normalized spacial score (nSPS) is 12.8. The van der Waals surface area contributed by atoms with Gasteiger partial charge in [-0.15, -0.1) is 0 Å². The van der Waals surface area contributed by atoms with Crippen molar-refractivity contribution in [2.75, 3.05) is 0 Å². The fourth-order valence-electron chi connectivity index (χ4n) is 1.40. The second-order valence-electron chi connectivity index (χ2n) is 3.33. The van der Waals surface area contributed by atoms with Crippen LogP contribution in [0.15, 0.2) is 73.2 Å². The van der Waals surface area contributed by atoms with E-state index >= 15 is 0 Å². The van der Waals surface area contributed by atoms with Gasteiger partial charge in [-0.3, -0.25) is 0 Å². The third-order valence-electron chi connectivity index (χ3n) is 2.18. The molecule has 0 radical (unpaired) electrons. The number of fused-ring (bicyclic) bond motifs is 1. The molecule has 0 unspecified atom stereocenters. The molecule has 2 heteroatoms. The van der Waals surface area contributed by atoms with Crippen LogP contribution in [0, 0.1) is 0 Å². The highest BCUT2D eigenvalue weighted by molar-refractivity contribution is 5.78. The van der Waals surface area contributed by atoms with Crippen molar-refractivity contribution in [2.45, 2.75) is 0 Å². The summed E-state index contributed by atoms with van der Waals surface area (Å²) in [5.74, 6) is 0. The number of rotatable bonds is 0. The van der Waals surface area contributed by atoms with Gasteiger partial charge in [-0.25, -0.2) is 0 Å². The molecular weight excluding hydrogens is 196 g/mol. The average Bonchev–Trinajstić information content (AvgIpc) is 2.61. The van der Waals surface area contributed by atoms with Gasteiger partial charge in [0.25, 0.3) is 0 Å². The zero-order valence-corrected chi connectivity index (χ0v) is 8.93. The lowest BCUT2D eigenvalue weighted by atomic mass is 10.3. The Hall–Kier alpha value is -2.22. The lowest BCUT2D eigenvalue weighted by Gasteiger charge is -1.83. The fraction of sp³-hybridized carbons (Fsp3) is 0. The summed E-state index contributed by atoms with van der Waals surface area (Å²) in [4.78, 5) is 3.12. The van der Waals surface area contributed by atoms with Crippen LogP contribution in [0.1, 0.15) is 0 Å². The molecule has 2 heterocycles. The number of aromatic nitrogens is 1. The quantitative estimate of drug-likeness (QED) is 0.685. The molecule has 3 rings (SSSR count). The zero-order valence-electron chi connectivity index (χ0n) is 8.93. The Labute approximate surface area is 95.0 Å². The molecule has 0 fully saturated rings. The first-order valence-corrected chi connectivity index (χ1v) is 5.23. The van der Waals surface area contributed by atoms with Crippen LogP contribution < -0.4 is 5.32 Å². The largest absolute Gasteiger partial charge is 0.368 e. The topological polar surface area (TPSA) is 27.8 Å². The molecule has 2 aromatic rings. The van der Waals surface area contributed by atoms with Crippen molar-refractivity contribution < 1.29 is 0 Å². The zero-order chi connectivity index (χ0) is 11.1. The summed E-state index contributed by atoms with van der Waals surface area (Å²) in [6.45, 7) is 0. The van der Waals surface area contributed by atoms with E-state index in [1.165, 1.54) is 10.9 Å². The summed E-state index contributed by atoms with van der Waals surface area (Å²) < 4.78 is 0. The maximum Gasteiger partial charge on any atom is 0.0453 e. The maximum absolute atomic E-state index is 3.12. The van der Waals surface area contributed by atoms with E-state index in [2.05, 4.69) is 28.5 Å².